The second-order valence-electron chi connectivity index (χ2n) is 6.40. The first-order valence-electron chi connectivity index (χ1n) is 8.90. The van der Waals surface area contributed by atoms with E-state index in [0.29, 0.717) is 16.5 Å². The van der Waals surface area contributed by atoms with Crippen LogP contribution in [-0.4, -0.2) is 35.7 Å². The molecule has 4 aromatic rings. The molecule has 162 valence electrons. The first-order chi connectivity index (χ1) is 15.3. The number of halogens is 2. The number of aromatic nitrogens is 4. The third kappa shape index (κ3) is 4.01. The fourth-order valence-corrected chi connectivity index (χ4v) is 4.27. The molecule has 0 spiro atoms. The van der Waals surface area contributed by atoms with E-state index in [4.69, 9.17) is 22.1 Å². The standard InChI is InChI=1S/C20H14ClFN6O3S/c1-31-20-16(7-13(21)9-25-20)32(29,30)28-15-4-2-3-11(17(15)22)5-6-12-8-24-19(23)14-10-26-27-18(12)14/h2-4,7-10,28H,1H3,(H2,23,24)(H,26,27). The van der Waals surface area contributed by atoms with Crippen LogP contribution in [0.2, 0.25) is 5.02 Å². The van der Waals surface area contributed by atoms with E-state index in [1.807, 2.05) is 0 Å². The zero-order valence-corrected chi connectivity index (χ0v) is 17.9. The number of H-pyrrole nitrogens is 1. The van der Waals surface area contributed by atoms with Gasteiger partial charge in [-0.2, -0.15) is 5.10 Å². The van der Waals surface area contributed by atoms with Crippen LogP contribution in [0.5, 0.6) is 5.88 Å². The normalized spacial score (nSPS) is 11.1. The monoisotopic (exact) mass is 472 g/mol. The molecule has 3 aromatic heterocycles. The average Bonchev–Trinajstić information content (AvgIpc) is 3.26. The molecule has 0 saturated heterocycles. The molecular formula is C20H14ClFN6O3S. The zero-order valence-electron chi connectivity index (χ0n) is 16.3. The average molecular weight is 473 g/mol. The summed E-state index contributed by atoms with van der Waals surface area (Å²) < 4.78 is 47.8. The fraction of sp³-hybridized carbons (Fsp3) is 0.0500. The summed E-state index contributed by atoms with van der Waals surface area (Å²) in [6.45, 7) is 0. The molecule has 0 fully saturated rings. The number of ether oxygens (including phenoxy) is 1. The van der Waals surface area contributed by atoms with Crippen LogP contribution >= 0.6 is 11.6 Å². The summed E-state index contributed by atoms with van der Waals surface area (Å²) in [5, 5.41) is 7.34. The topological polar surface area (TPSA) is 136 Å². The van der Waals surface area contributed by atoms with E-state index < -0.39 is 15.8 Å². The van der Waals surface area contributed by atoms with Crippen molar-refractivity contribution in [1.82, 2.24) is 20.2 Å². The van der Waals surface area contributed by atoms with Crippen molar-refractivity contribution >= 4 is 44.0 Å². The van der Waals surface area contributed by atoms with Gasteiger partial charge in [-0.25, -0.2) is 22.8 Å². The number of methoxy groups -OCH3 is 1. The lowest BCUT2D eigenvalue weighted by molar-refractivity contribution is 0.385. The Morgan fingerprint density at radius 3 is 2.75 bits per heavy atom. The summed E-state index contributed by atoms with van der Waals surface area (Å²) in [5.41, 5.74) is 6.46. The highest BCUT2D eigenvalue weighted by atomic mass is 35.5. The Morgan fingerprint density at radius 2 is 1.97 bits per heavy atom. The molecule has 0 saturated carbocycles. The summed E-state index contributed by atoms with van der Waals surface area (Å²) in [6, 6.07) is 5.30. The number of pyridine rings is 2. The predicted molar refractivity (Wildman–Crippen MR) is 117 cm³/mol. The third-order valence-corrected chi connectivity index (χ3v) is 5.93. The van der Waals surface area contributed by atoms with Gasteiger partial charge in [0.1, 0.15) is 5.82 Å². The van der Waals surface area contributed by atoms with Gasteiger partial charge in [-0.1, -0.05) is 29.5 Å². The summed E-state index contributed by atoms with van der Waals surface area (Å²) in [5.74, 6) is 4.73. The number of nitrogens with one attached hydrogen (secondary N) is 2. The van der Waals surface area contributed by atoms with E-state index in [0.717, 1.165) is 6.07 Å². The lowest BCUT2D eigenvalue weighted by atomic mass is 10.1. The van der Waals surface area contributed by atoms with Crippen LogP contribution in [0.3, 0.4) is 0 Å². The van der Waals surface area contributed by atoms with Crippen LogP contribution in [0.4, 0.5) is 15.9 Å². The van der Waals surface area contributed by atoms with Crippen molar-refractivity contribution in [3.63, 3.8) is 0 Å². The van der Waals surface area contributed by atoms with Gasteiger partial charge in [0.05, 0.1) is 46.0 Å². The van der Waals surface area contributed by atoms with Crippen molar-refractivity contribution in [2.45, 2.75) is 4.90 Å². The maximum Gasteiger partial charge on any atom is 0.267 e. The number of nitrogens with zero attached hydrogens (tertiary/aromatic N) is 3. The number of benzene rings is 1. The van der Waals surface area contributed by atoms with Crippen molar-refractivity contribution < 1.29 is 17.5 Å². The van der Waals surface area contributed by atoms with Crippen LogP contribution in [0.1, 0.15) is 11.1 Å². The number of hydrogen-bond donors (Lipinski definition) is 3. The molecule has 9 nitrogen and oxygen atoms in total. The lowest BCUT2D eigenvalue weighted by Crippen LogP contribution is -2.16. The van der Waals surface area contributed by atoms with Gasteiger partial charge in [0.15, 0.2) is 10.7 Å². The molecule has 0 bridgehead atoms. The van der Waals surface area contributed by atoms with Gasteiger partial charge in [0, 0.05) is 12.4 Å². The molecule has 0 atom stereocenters. The van der Waals surface area contributed by atoms with Crippen LogP contribution in [-0.2, 0) is 10.0 Å². The highest BCUT2D eigenvalue weighted by Crippen LogP contribution is 2.28. The quantitative estimate of drug-likeness (QED) is 0.388. The van der Waals surface area contributed by atoms with E-state index in [2.05, 4.69) is 36.7 Å². The Kier molecular flexibility index (Phi) is 5.56. The van der Waals surface area contributed by atoms with Crippen molar-refractivity contribution in [3.05, 3.63) is 64.8 Å². The smallest absolute Gasteiger partial charge is 0.267 e. The van der Waals surface area contributed by atoms with Crippen molar-refractivity contribution in [2.24, 2.45) is 0 Å². The van der Waals surface area contributed by atoms with Crippen molar-refractivity contribution in [3.8, 4) is 17.7 Å². The predicted octanol–water partition coefficient (Wildman–Crippen LogP) is 2.94. The first-order valence-corrected chi connectivity index (χ1v) is 10.8. The van der Waals surface area contributed by atoms with Crippen LogP contribution in [0, 0.1) is 17.7 Å². The minimum atomic E-state index is -4.26. The van der Waals surface area contributed by atoms with Crippen LogP contribution in [0.15, 0.2) is 47.8 Å². The maximum absolute atomic E-state index is 15.0. The van der Waals surface area contributed by atoms with Crippen LogP contribution in [0.25, 0.3) is 10.9 Å². The summed E-state index contributed by atoms with van der Waals surface area (Å²) in [6.07, 6.45) is 4.18. The Bertz CT molecular complexity index is 1510. The number of hydrogen-bond acceptors (Lipinski definition) is 7. The molecule has 0 unspecified atom stereocenters. The molecule has 3 heterocycles. The van der Waals surface area contributed by atoms with Gasteiger partial charge in [-0.15, -0.1) is 0 Å². The Balaban J connectivity index is 1.70. The van der Waals surface area contributed by atoms with E-state index in [1.165, 1.54) is 43.9 Å². The van der Waals surface area contributed by atoms with Crippen molar-refractivity contribution in [2.75, 3.05) is 17.6 Å². The lowest BCUT2D eigenvalue weighted by Gasteiger charge is -2.12. The second kappa shape index (κ2) is 8.33. The second-order valence-corrected chi connectivity index (χ2v) is 8.49. The number of sulfonamides is 1. The SMILES string of the molecule is COc1ncc(Cl)cc1S(=O)(=O)Nc1cccc(C#Cc2cnc(N)c3cn[nH]c23)c1F. The molecule has 12 heteroatoms. The zero-order chi connectivity index (χ0) is 22.9. The Morgan fingerprint density at radius 1 is 1.19 bits per heavy atom. The number of aromatic amines is 1. The fourth-order valence-electron chi connectivity index (χ4n) is 2.84. The first kappa shape index (κ1) is 21.4. The Hall–Kier alpha value is -3.88. The van der Waals surface area contributed by atoms with Crippen LogP contribution < -0.4 is 15.2 Å². The van der Waals surface area contributed by atoms with Gasteiger partial charge < -0.3 is 10.5 Å². The molecule has 0 radical (unpaired) electrons. The van der Waals surface area contributed by atoms with Gasteiger partial charge in [-0.05, 0) is 18.2 Å². The number of anilines is 2. The van der Waals surface area contributed by atoms with Gasteiger partial charge >= 0.3 is 0 Å². The highest BCUT2D eigenvalue weighted by Gasteiger charge is 2.23. The molecule has 4 N–H and O–H groups in total. The number of rotatable bonds is 4. The summed E-state index contributed by atoms with van der Waals surface area (Å²) >= 11 is 5.86. The van der Waals surface area contributed by atoms with E-state index >= 15 is 4.39 Å². The van der Waals surface area contributed by atoms with E-state index in [9.17, 15) is 8.42 Å². The van der Waals surface area contributed by atoms with E-state index in [-0.39, 0.29) is 32.9 Å². The molecular weight excluding hydrogens is 459 g/mol. The minimum Gasteiger partial charge on any atom is -0.480 e. The maximum atomic E-state index is 15.0. The largest absolute Gasteiger partial charge is 0.480 e. The molecule has 32 heavy (non-hydrogen) atoms. The molecule has 0 aliphatic heterocycles. The molecule has 4 rings (SSSR count). The third-order valence-electron chi connectivity index (χ3n) is 4.36. The summed E-state index contributed by atoms with van der Waals surface area (Å²) in [4.78, 5) is 7.53. The molecule has 0 amide bonds. The van der Waals surface area contributed by atoms with Gasteiger partial charge in [-0.3, -0.25) is 9.82 Å². The number of nitrogens with two attached hydrogens (primary N) is 1. The highest BCUT2D eigenvalue weighted by molar-refractivity contribution is 7.92. The van der Waals surface area contributed by atoms with E-state index in [1.54, 1.807) is 0 Å². The molecule has 1 aromatic carbocycles. The molecule has 0 aliphatic carbocycles. The number of nitrogen functional groups attached to an aromatic ring is 1. The summed E-state index contributed by atoms with van der Waals surface area (Å²) in [7, 11) is -3.00. The Labute approximate surface area is 186 Å². The van der Waals surface area contributed by atoms with Gasteiger partial charge in [0.25, 0.3) is 10.0 Å². The minimum absolute atomic E-state index is 0.0362. The molecule has 0 aliphatic rings. The van der Waals surface area contributed by atoms with Crippen molar-refractivity contribution in [1.29, 1.82) is 0 Å². The van der Waals surface area contributed by atoms with Gasteiger partial charge in [0.2, 0.25) is 5.88 Å². The number of fused-ring (bicyclic) bond motifs is 1.